The summed E-state index contributed by atoms with van der Waals surface area (Å²) in [5, 5.41) is 18.3. The molecule has 0 aromatic heterocycles. The van der Waals surface area contributed by atoms with E-state index in [1.807, 2.05) is 22.6 Å². The van der Waals surface area contributed by atoms with Gasteiger partial charge in [-0.05, 0) is 34.2 Å². The molecular formula is C8H9IO3. The van der Waals surface area contributed by atoms with Crippen molar-refractivity contribution < 1.29 is 14.9 Å². The maximum atomic E-state index is 9.47. The molecule has 2 N–H and O–H groups in total. The van der Waals surface area contributed by atoms with Crippen molar-refractivity contribution in [2.45, 2.75) is 6.61 Å². The number of aliphatic hydroxyl groups excluding tert-OH is 1. The van der Waals surface area contributed by atoms with Crippen molar-refractivity contribution in [3.63, 3.8) is 0 Å². The van der Waals surface area contributed by atoms with Crippen LogP contribution in [-0.4, -0.2) is 17.3 Å². The summed E-state index contributed by atoms with van der Waals surface area (Å²) in [7, 11) is 1.49. The number of aliphatic hydroxyl groups is 1. The first-order chi connectivity index (χ1) is 5.70. The minimum Gasteiger partial charge on any atom is -0.504 e. The number of rotatable bonds is 2. The molecule has 0 unspecified atom stereocenters. The molecule has 66 valence electrons. The van der Waals surface area contributed by atoms with Gasteiger partial charge >= 0.3 is 0 Å². The highest BCUT2D eigenvalue weighted by Crippen LogP contribution is 2.33. The van der Waals surface area contributed by atoms with Crippen LogP contribution in [0.3, 0.4) is 0 Å². The number of phenols is 1. The zero-order valence-corrected chi connectivity index (χ0v) is 8.70. The molecule has 0 aliphatic heterocycles. The lowest BCUT2D eigenvalue weighted by Gasteiger charge is -2.07. The Hall–Kier alpha value is -0.490. The van der Waals surface area contributed by atoms with E-state index in [1.165, 1.54) is 7.11 Å². The van der Waals surface area contributed by atoms with Crippen LogP contribution in [0.2, 0.25) is 0 Å². The van der Waals surface area contributed by atoms with Crippen molar-refractivity contribution in [3.8, 4) is 11.5 Å². The Balaban J connectivity index is 3.20. The van der Waals surface area contributed by atoms with Crippen molar-refractivity contribution in [1.29, 1.82) is 0 Å². The molecule has 12 heavy (non-hydrogen) atoms. The van der Waals surface area contributed by atoms with Crippen molar-refractivity contribution >= 4 is 22.6 Å². The normalized spacial score (nSPS) is 9.92. The molecule has 3 nitrogen and oxygen atoms in total. The predicted molar refractivity (Wildman–Crippen MR) is 53.3 cm³/mol. The summed E-state index contributed by atoms with van der Waals surface area (Å²) in [5.74, 6) is 0.515. The highest BCUT2D eigenvalue weighted by molar-refractivity contribution is 14.1. The van der Waals surface area contributed by atoms with E-state index in [9.17, 15) is 5.11 Å². The van der Waals surface area contributed by atoms with Gasteiger partial charge in [0, 0.05) is 0 Å². The summed E-state index contributed by atoms with van der Waals surface area (Å²) in [5.41, 5.74) is 0.703. The lowest BCUT2D eigenvalue weighted by molar-refractivity contribution is 0.279. The molecule has 0 heterocycles. The Morgan fingerprint density at radius 2 is 2.17 bits per heavy atom. The van der Waals surface area contributed by atoms with E-state index in [-0.39, 0.29) is 12.4 Å². The maximum absolute atomic E-state index is 9.47. The quantitative estimate of drug-likeness (QED) is 0.807. The molecule has 1 aromatic rings. The summed E-state index contributed by atoms with van der Waals surface area (Å²) < 4.78 is 5.52. The summed E-state index contributed by atoms with van der Waals surface area (Å²) >= 11 is 1.96. The van der Waals surface area contributed by atoms with E-state index in [0.717, 1.165) is 0 Å². The van der Waals surface area contributed by atoms with Gasteiger partial charge in [-0.1, -0.05) is 6.07 Å². The molecule has 0 aliphatic rings. The molecule has 0 atom stereocenters. The third-order valence-electron chi connectivity index (χ3n) is 1.55. The highest BCUT2D eigenvalue weighted by atomic mass is 127. The van der Waals surface area contributed by atoms with Gasteiger partial charge in [0.25, 0.3) is 0 Å². The fourth-order valence-corrected chi connectivity index (χ4v) is 1.49. The first-order valence-corrected chi connectivity index (χ1v) is 4.43. The number of halogens is 1. The summed E-state index contributed by atoms with van der Waals surface area (Å²) in [6, 6.07) is 3.35. The van der Waals surface area contributed by atoms with E-state index in [0.29, 0.717) is 14.9 Å². The van der Waals surface area contributed by atoms with Gasteiger partial charge in [-0.25, -0.2) is 0 Å². The predicted octanol–water partition coefficient (Wildman–Crippen LogP) is 1.50. The van der Waals surface area contributed by atoms with E-state index >= 15 is 0 Å². The summed E-state index contributed by atoms with van der Waals surface area (Å²) in [4.78, 5) is 0. The van der Waals surface area contributed by atoms with Crippen molar-refractivity contribution in [2.24, 2.45) is 0 Å². The Labute approximate surface area is 84.1 Å². The third kappa shape index (κ3) is 1.64. The Bertz CT molecular complexity index is 257. The maximum Gasteiger partial charge on any atom is 0.171 e. The fraction of sp³-hybridized carbons (Fsp3) is 0.250. The van der Waals surface area contributed by atoms with Crippen LogP contribution in [0.1, 0.15) is 5.56 Å². The number of hydrogen-bond acceptors (Lipinski definition) is 3. The molecular weight excluding hydrogens is 271 g/mol. The Kier molecular flexibility index (Phi) is 3.16. The lowest BCUT2D eigenvalue weighted by atomic mass is 10.2. The molecule has 0 fully saturated rings. The number of hydrogen-bond donors (Lipinski definition) is 2. The topological polar surface area (TPSA) is 49.7 Å². The largest absolute Gasteiger partial charge is 0.504 e. The van der Waals surface area contributed by atoms with Crippen molar-refractivity contribution in [3.05, 3.63) is 21.3 Å². The van der Waals surface area contributed by atoms with Crippen LogP contribution in [0.5, 0.6) is 11.5 Å². The van der Waals surface area contributed by atoms with E-state index in [4.69, 9.17) is 9.84 Å². The van der Waals surface area contributed by atoms with Gasteiger partial charge in [-0.2, -0.15) is 0 Å². The highest BCUT2D eigenvalue weighted by Gasteiger charge is 2.09. The van der Waals surface area contributed by atoms with E-state index in [2.05, 4.69) is 0 Å². The second-order valence-corrected chi connectivity index (χ2v) is 3.33. The molecule has 0 radical (unpaired) electrons. The monoisotopic (exact) mass is 280 g/mol. The number of ether oxygens (including phenoxy) is 1. The lowest BCUT2D eigenvalue weighted by Crippen LogP contribution is -1.91. The number of methoxy groups -OCH3 is 1. The average Bonchev–Trinajstić information content (AvgIpc) is 2.10. The van der Waals surface area contributed by atoms with Crippen LogP contribution in [0.15, 0.2) is 12.1 Å². The van der Waals surface area contributed by atoms with Crippen molar-refractivity contribution in [2.75, 3.05) is 7.11 Å². The number of phenolic OH excluding ortho intramolecular Hbond substituents is 1. The van der Waals surface area contributed by atoms with Gasteiger partial charge in [-0.15, -0.1) is 0 Å². The standard InChI is InChI=1S/C8H9IO3/c1-12-6-3-2-5(4-10)7(9)8(6)11/h2-3,10-11H,4H2,1H3. The van der Waals surface area contributed by atoms with Crippen molar-refractivity contribution in [1.82, 2.24) is 0 Å². The van der Waals surface area contributed by atoms with Gasteiger partial charge in [0.05, 0.1) is 17.3 Å². The molecule has 0 aliphatic carbocycles. The van der Waals surface area contributed by atoms with Crippen LogP contribution < -0.4 is 4.74 Å². The molecule has 4 heteroatoms. The van der Waals surface area contributed by atoms with Crippen LogP contribution >= 0.6 is 22.6 Å². The molecule has 1 rings (SSSR count). The fourth-order valence-electron chi connectivity index (χ4n) is 0.875. The van der Waals surface area contributed by atoms with E-state index in [1.54, 1.807) is 12.1 Å². The Morgan fingerprint density at radius 3 is 2.67 bits per heavy atom. The minimum atomic E-state index is -0.0736. The molecule has 0 amide bonds. The van der Waals surface area contributed by atoms with Gasteiger partial charge in [0.2, 0.25) is 0 Å². The zero-order chi connectivity index (χ0) is 9.14. The smallest absolute Gasteiger partial charge is 0.171 e. The summed E-state index contributed by atoms with van der Waals surface area (Å²) in [6.07, 6.45) is 0. The number of aromatic hydroxyl groups is 1. The molecule has 0 spiro atoms. The first kappa shape index (κ1) is 9.60. The molecule has 0 saturated heterocycles. The molecule has 0 saturated carbocycles. The second-order valence-electron chi connectivity index (χ2n) is 2.25. The van der Waals surface area contributed by atoms with Gasteiger partial charge in [0.1, 0.15) is 0 Å². The SMILES string of the molecule is COc1ccc(CO)c(I)c1O. The van der Waals surface area contributed by atoms with Crippen LogP contribution in [0.4, 0.5) is 0 Å². The minimum absolute atomic E-state index is 0.0736. The van der Waals surface area contributed by atoms with Crippen LogP contribution in [0, 0.1) is 3.57 Å². The number of benzene rings is 1. The first-order valence-electron chi connectivity index (χ1n) is 3.36. The van der Waals surface area contributed by atoms with Gasteiger partial charge < -0.3 is 14.9 Å². The molecule has 0 bridgehead atoms. The second kappa shape index (κ2) is 3.95. The Morgan fingerprint density at radius 1 is 1.50 bits per heavy atom. The van der Waals surface area contributed by atoms with Gasteiger partial charge in [-0.3, -0.25) is 0 Å². The summed E-state index contributed by atoms with van der Waals surface area (Å²) in [6.45, 7) is -0.0736. The van der Waals surface area contributed by atoms with Crippen LogP contribution in [-0.2, 0) is 6.61 Å². The van der Waals surface area contributed by atoms with E-state index < -0.39 is 0 Å². The average molecular weight is 280 g/mol. The van der Waals surface area contributed by atoms with Gasteiger partial charge in [0.15, 0.2) is 11.5 Å². The van der Waals surface area contributed by atoms with Crippen LogP contribution in [0.25, 0.3) is 0 Å². The zero-order valence-electron chi connectivity index (χ0n) is 6.54. The third-order valence-corrected chi connectivity index (χ3v) is 2.75. The molecule has 1 aromatic carbocycles.